The average Bonchev–Trinajstić information content (AvgIpc) is 3.16. The number of esters is 1. The highest BCUT2D eigenvalue weighted by atomic mass is 16.5. The minimum absolute atomic E-state index is 0.0411. The predicted octanol–water partition coefficient (Wildman–Crippen LogP) is 2.35. The van der Waals surface area contributed by atoms with Crippen LogP contribution in [0.15, 0.2) is 59.0 Å². The van der Waals surface area contributed by atoms with E-state index in [9.17, 15) is 14.9 Å². The molecule has 1 amide bonds. The van der Waals surface area contributed by atoms with Gasteiger partial charge < -0.3 is 14.4 Å². The van der Waals surface area contributed by atoms with Gasteiger partial charge in [0.1, 0.15) is 19.3 Å². The maximum absolute atomic E-state index is 12.8. The van der Waals surface area contributed by atoms with Crippen LogP contribution in [-0.2, 0) is 19.1 Å². The summed E-state index contributed by atoms with van der Waals surface area (Å²) in [5, 5.41) is 14.7. The van der Waals surface area contributed by atoms with Crippen molar-refractivity contribution in [2.24, 2.45) is 5.10 Å². The van der Waals surface area contributed by atoms with Gasteiger partial charge >= 0.3 is 5.97 Å². The molecule has 150 valence electrons. The maximum atomic E-state index is 12.8. The summed E-state index contributed by atoms with van der Waals surface area (Å²) in [4.78, 5) is 25.8. The van der Waals surface area contributed by atoms with Crippen molar-refractivity contribution in [2.75, 3.05) is 24.8 Å². The predicted molar refractivity (Wildman–Crippen MR) is 107 cm³/mol. The fraction of sp³-hybridized carbons (Fsp3) is 0.333. The first-order chi connectivity index (χ1) is 13.8. The Hall–Kier alpha value is -3.60. The molecule has 8 nitrogen and oxygen atoms in total. The van der Waals surface area contributed by atoms with E-state index in [2.05, 4.69) is 5.10 Å². The van der Waals surface area contributed by atoms with Crippen molar-refractivity contribution in [1.82, 2.24) is 4.90 Å². The van der Waals surface area contributed by atoms with Crippen molar-refractivity contribution in [3.05, 3.63) is 53.9 Å². The first-order valence-corrected chi connectivity index (χ1v) is 9.18. The van der Waals surface area contributed by atoms with Gasteiger partial charge in [0.15, 0.2) is 11.6 Å². The van der Waals surface area contributed by atoms with Gasteiger partial charge in [-0.25, -0.2) is 0 Å². The van der Waals surface area contributed by atoms with E-state index in [-0.39, 0.29) is 35.3 Å². The van der Waals surface area contributed by atoms with Crippen LogP contribution in [0.3, 0.4) is 0 Å². The molecule has 0 aliphatic carbocycles. The van der Waals surface area contributed by atoms with Gasteiger partial charge in [0.05, 0.1) is 23.3 Å². The van der Waals surface area contributed by atoms with E-state index in [0.717, 1.165) is 0 Å². The number of rotatable bonds is 5. The molecule has 0 saturated carbocycles. The Bertz CT molecular complexity index is 941. The summed E-state index contributed by atoms with van der Waals surface area (Å²) in [6, 6.07) is 10.9. The molecule has 3 rings (SSSR count). The molecule has 1 saturated heterocycles. The number of ether oxygens (including phenoxy) is 2. The third kappa shape index (κ3) is 4.29. The van der Waals surface area contributed by atoms with E-state index in [0.29, 0.717) is 24.7 Å². The molecule has 1 aromatic carbocycles. The lowest BCUT2D eigenvalue weighted by atomic mass is 10.1. The number of hydrogen-bond acceptors (Lipinski definition) is 7. The summed E-state index contributed by atoms with van der Waals surface area (Å²) in [6.07, 6.45) is 3.19. The van der Waals surface area contributed by atoms with Gasteiger partial charge in [-0.05, 0) is 38.1 Å². The van der Waals surface area contributed by atoms with Crippen molar-refractivity contribution in [3.8, 4) is 6.07 Å². The molecule has 0 radical (unpaired) electrons. The largest absolute Gasteiger partial charge is 0.477 e. The lowest BCUT2D eigenvalue weighted by molar-refractivity contribution is -0.141. The number of anilines is 1. The minimum Gasteiger partial charge on any atom is -0.477 e. The highest BCUT2D eigenvalue weighted by Crippen LogP contribution is 2.30. The van der Waals surface area contributed by atoms with Crippen LogP contribution in [0.2, 0.25) is 0 Å². The summed E-state index contributed by atoms with van der Waals surface area (Å²) in [5.41, 5.74) is 0.519. The molecule has 2 aliphatic rings. The van der Waals surface area contributed by atoms with Gasteiger partial charge in [0.25, 0.3) is 5.91 Å². The second kappa shape index (κ2) is 8.19. The van der Waals surface area contributed by atoms with Gasteiger partial charge in [-0.15, -0.1) is 0 Å². The molecule has 0 unspecified atom stereocenters. The Morgan fingerprint density at radius 3 is 2.72 bits per heavy atom. The van der Waals surface area contributed by atoms with E-state index < -0.39 is 0 Å². The Morgan fingerprint density at radius 1 is 1.34 bits per heavy atom. The number of hydrazone groups is 1. The summed E-state index contributed by atoms with van der Waals surface area (Å²) in [7, 11) is 0. The third-order valence-corrected chi connectivity index (χ3v) is 4.57. The molecule has 29 heavy (non-hydrogen) atoms. The van der Waals surface area contributed by atoms with E-state index in [1.807, 2.05) is 30.9 Å². The van der Waals surface area contributed by atoms with E-state index >= 15 is 0 Å². The van der Waals surface area contributed by atoms with E-state index in [1.54, 1.807) is 36.4 Å². The van der Waals surface area contributed by atoms with E-state index in [1.165, 1.54) is 11.9 Å². The number of nitriles is 1. The number of para-hydroxylation sites is 1. The number of allylic oxidation sites excluding steroid dienone is 2. The van der Waals surface area contributed by atoms with Crippen LogP contribution in [0, 0.1) is 11.3 Å². The minimum atomic E-state index is -0.381. The topological polar surface area (TPSA) is 95.2 Å². The number of benzene rings is 1. The molecule has 0 bridgehead atoms. The molecule has 1 fully saturated rings. The molecule has 0 aromatic heterocycles. The molecule has 2 aliphatic heterocycles. The van der Waals surface area contributed by atoms with Gasteiger partial charge in [-0.3, -0.25) is 9.59 Å². The van der Waals surface area contributed by atoms with E-state index in [4.69, 9.17) is 9.47 Å². The standard InChI is InChI=1S/C21H22N4O4/c1-15(26)28-12-11-24-19(29-14-21(24,2)3)10-9-17-18(13-22)23-25(20(17)27)16-7-5-4-6-8-16/h4-10H,11-12,14H2,1-3H3. The lowest BCUT2D eigenvalue weighted by Crippen LogP contribution is -2.41. The summed E-state index contributed by atoms with van der Waals surface area (Å²) in [6.45, 7) is 6.50. The fourth-order valence-electron chi connectivity index (χ4n) is 3.08. The zero-order chi connectivity index (χ0) is 21.0. The van der Waals surface area contributed by atoms with Gasteiger partial charge in [-0.2, -0.15) is 15.4 Å². The number of carbonyl (C=O) groups excluding carboxylic acids is 2. The smallest absolute Gasteiger partial charge is 0.302 e. The molecule has 0 spiro atoms. The van der Waals surface area contributed by atoms with Crippen LogP contribution < -0.4 is 5.01 Å². The van der Waals surface area contributed by atoms with Crippen LogP contribution >= 0.6 is 0 Å². The molecule has 8 heteroatoms. The second-order valence-electron chi connectivity index (χ2n) is 7.19. The van der Waals surface area contributed by atoms with Crippen molar-refractivity contribution >= 4 is 23.3 Å². The first kappa shape index (κ1) is 20.1. The van der Waals surface area contributed by atoms with Crippen molar-refractivity contribution < 1.29 is 19.1 Å². The number of nitrogens with zero attached hydrogens (tertiary/aromatic N) is 4. The first-order valence-electron chi connectivity index (χ1n) is 9.18. The van der Waals surface area contributed by atoms with Crippen LogP contribution in [0.4, 0.5) is 5.69 Å². The molecule has 1 aromatic rings. The normalized spacial score (nSPS) is 20.6. The average molecular weight is 394 g/mol. The van der Waals surface area contributed by atoms with Gasteiger partial charge in [0.2, 0.25) is 0 Å². The summed E-state index contributed by atoms with van der Waals surface area (Å²) in [5.74, 6) is -0.186. The van der Waals surface area contributed by atoms with Crippen LogP contribution in [0.5, 0.6) is 0 Å². The van der Waals surface area contributed by atoms with Crippen molar-refractivity contribution in [1.29, 1.82) is 5.26 Å². The van der Waals surface area contributed by atoms with Crippen LogP contribution in [0.25, 0.3) is 0 Å². The van der Waals surface area contributed by atoms with Gasteiger partial charge in [-0.1, -0.05) is 18.2 Å². The molecule has 0 N–H and O–H groups in total. The Labute approximate surface area is 169 Å². The molecule has 0 atom stereocenters. The Kier molecular flexibility index (Phi) is 5.69. The monoisotopic (exact) mass is 394 g/mol. The molecule has 2 heterocycles. The van der Waals surface area contributed by atoms with Crippen molar-refractivity contribution in [3.63, 3.8) is 0 Å². The number of hydrogen-bond donors (Lipinski definition) is 0. The third-order valence-electron chi connectivity index (χ3n) is 4.57. The quantitative estimate of drug-likeness (QED) is 0.562. The van der Waals surface area contributed by atoms with Crippen LogP contribution in [0.1, 0.15) is 20.8 Å². The zero-order valence-electron chi connectivity index (χ0n) is 16.6. The summed E-state index contributed by atoms with van der Waals surface area (Å²) < 4.78 is 10.8. The Morgan fingerprint density at radius 2 is 2.07 bits per heavy atom. The number of carbonyl (C=O) groups is 2. The molecular formula is C21H22N4O4. The number of amides is 1. The highest BCUT2D eigenvalue weighted by molar-refractivity contribution is 6.35. The SMILES string of the molecule is CC(=O)OCCN1C(=CC=C2C(=O)N(c3ccccc3)N=C2C#N)OCC1(C)C. The Balaban J connectivity index is 1.84. The van der Waals surface area contributed by atoms with Crippen LogP contribution in [-0.4, -0.2) is 47.8 Å². The molecular weight excluding hydrogens is 372 g/mol. The second-order valence-corrected chi connectivity index (χ2v) is 7.19. The fourth-order valence-corrected chi connectivity index (χ4v) is 3.08. The maximum Gasteiger partial charge on any atom is 0.302 e. The van der Waals surface area contributed by atoms with Crippen molar-refractivity contribution in [2.45, 2.75) is 26.3 Å². The van der Waals surface area contributed by atoms with Gasteiger partial charge in [0, 0.05) is 6.92 Å². The zero-order valence-corrected chi connectivity index (χ0v) is 16.6. The lowest BCUT2D eigenvalue weighted by Gasteiger charge is -2.30. The highest BCUT2D eigenvalue weighted by Gasteiger charge is 2.37. The summed E-state index contributed by atoms with van der Waals surface area (Å²) >= 11 is 0.